The quantitative estimate of drug-likeness (QED) is 0.694. The lowest BCUT2D eigenvalue weighted by molar-refractivity contribution is 0.100. The number of aliphatic imine (C=N–C) groups is 1. The van der Waals surface area contributed by atoms with E-state index in [4.69, 9.17) is 10.2 Å². The topological polar surface area (TPSA) is 68.6 Å². The van der Waals surface area contributed by atoms with Crippen LogP contribution in [0.4, 0.5) is 5.00 Å². The highest BCUT2D eigenvalue weighted by Crippen LogP contribution is 2.38. The first-order valence-corrected chi connectivity index (χ1v) is 7.59. The van der Waals surface area contributed by atoms with Gasteiger partial charge < -0.3 is 10.2 Å². The van der Waals surface area contributed by atoms with Gasteiger partial charge in [-0.2, -0.15) is 0 Å². The van der Waals surface area contributed by atoms with E-state index in [0.717, 1.165) is 24.8 Å². The van der Waals surface area contributed by atoms with E-state index in [9.17, 15) is 4.79 Å². The molecule has 0 unspecified atom stereocenters. The van der Waals surface area contributed by atoms with Gasteiger partial charge in [-0.1, -0.05) is 6.42 Å². The van der Waals surface area contributed by atoms with Gasteiger partial charge in [-0.3, -0.25) is 4.79 Å². The van der Waals surface area contributed by atoms with Gasteiger partial charge in [-0.25, -0.2) is 4.99 Å². The van der Waals surface area contributed by atoms with E-state index in [1.54, 1.807) is 29.9 Å². The lowest BCUT2D eigenvalue weighted by Gasteiger charge is -2.00. The molecule has 1 aliphatic carbocycles. The Bertz CT molecular complexity index is 641. The molecular weight excluding hydrogens is 272 g/mol. The van der Waals surface area contributed by atoms with Crippen LogP contribution in [0.5, 0.6) is 0 Å². The molecule has 0 radical (unpaired) electrons. The van der Waals surface area contributed by atoms with Crippen LogP contribution in [0.15, 0.2) is 27.8 Å². The summed E-state index contributed by atoms with van der Waals surface area (Å²) in [6.07, 6.45) is 8.69. The van der Waals surface area contributed by atoms with Crippen molar-refractivity contribution in [3.05, 3.63) is 40.2 Å². The van der Waals surface area contributed by atoms with E-state index in [0.29, 0.717) is 16.3 Å². The molecular formula is C15H16N2O2S. The van der Waals surface area contributed by atoms with Crippen LogP contribution in [-0.2, 0) is 12.8 Å². The minimum Gasteiger partial charge on any atom is -0.463 e. The van der Waals surface area contributed by atoms with Gasteiger partial charge in [0.2, 0.25) is 0 Å². The van der Waals surface area contributed by atoms with E-state index in [-0.39, 0.29) is 5.91 Å². The van der Waals surface area contributed by atoms with E-state index in [2.05, 4.69) is 4.99 Å². The SMILES string of the molecule is NC(=O)c1c(N=Cc2ccco2)sc2c1CCCCC2. The number of carbonyl (C=O) groups is 1. The van der Waals surface area contributed by atoms with Crippen LogP contribution in [0.3, 0.4) is 0 Å². The van der Waals surface area contributed by atoms with Gasteiger partial charge >= 0.3 is 0 Å². The van der Waals surface area contributed by atoms with Crippen LogP contribution in [0.25, 0.3) is 0 Å². The molecule has 0 atom stereocenters. The maximum Gasteiger partial charge on any atom is 0.252 e. The molecule has 1 amide bonds. The number of thiophene rings is 1. The zero-order valence-electron chi connectivity index (χ0n) is 11.1. The Kier molecular flexibility index (Phi) is 3.69. The average Bonchev–Trinajstić information content (AvgIpc) is 2.99. The molecule has 0 spiro atoms. The van der Waals surface area contributed by atoms with E-state index in [1.165, 1.54) is 17.7 Å². The smallest absolute Gasteiger partial charge is 0.252 e. The number of furan rings is 1. The molecule has 2 aromatic heterocycles. The van der Waals surface area contributed by atoms with Crippen molar-refractivity contribution < 1.29 is 9.21 Å². The maximum atomic E-state index is 11.8. The molecule has 0 saturated carbocycles. The molecule has 0 aliphatic heterocycles. The summed E-state index contributed by atoms with van der Waals surface area (Å²) in [7, 11) is 0. The Balaban J connectivity index is 2.00. The highest BCUT2D eigenvalue weighted by Gasteiger charge is 2.22. The van der Waals surface area contributed by atoms with Crippen LogP contribution in [0, 0.1) is 0 Å². The number of nitrogens with two attached hydrogens (primary N) is 1. The molecule has 0 fully saturated rings. The molecule has 3 rings (SSSR count). The van der Waals surface area contributed by atoms with Crippen molar-refractivity contribution in [2.75, 3.05) is 0 Å². The largest absolute Gasteiger partial charge is 0.463 e. The third-order valence-corrected chi connectivity index (χ3v) is 4.70. The fourth-order valence-corrected chi connectivity index (χ4v) is 3.80. The summed E-state index contributed by atoms with van der Waals surface area (Å²) in [5.41, 5.74) is 7.28. The molecule has 20 heavy (non-hydrogen) atoms. The van der Waals surface area contributed by atoms with Crippen molar-refractivity contribution in [1.29, 1.82) is 0 Å². The van der Waals surface area contributed by atoms with Crippen LogP contribution in [-0.4, -0.2) is 12.1 Å². The fraction of sp³-hybridized carbons (Fsp3) is 0.333. The highest BCUT2D eigenvalue weighted by atomic mass is 32.1. The second kappa shape index (κ2) is 5.63. The number of fused-ring (bicyclic) bond motifs is 1. The number of amides is 1. The highest BCUT2D eigenvalue weighted by molar-refractivity contribution is 7.16. The molecule has 0 saturated heterocycles. The summed E-state index contributed by atoms with van der Waals surface area (Å²) in [5, 5.41) is 0.709. The second-order valence-electron chi connectivity index (χ2n) is 4.88. The summed E-state index contributed by atoms with van der Waals surface area (Å²) in [4.78, 5) is 17.4. The second-order valence-corrected chi connectivity index (χ2v) is 5.97. The Morgan fingerprint density at radius 1 is 1.35 bits per heavy atom. The first kappa shape index (κ1) is 13.1. The van der Waals surface area contributed by atoms with Crippen LogP contribution in [0.2, 0.25) is 0 Å². The Morgan fingerprint density at radius 3 is 2.95 bits per heavy atom. The van der Waals surface area contributed by atoms with E-state index >= 15 is 0 Å². The molecule has 2 aromatic rings. The predicted octanol–water partition coefficient (Wildman–Crippen LogP) is 3.46. The van der Waals surface area contributed by atoms with Crippen LogP contribution < -0.4 is 5.73 Å². The van der Waals surface area contributed by atoms with Crippen molar-refractivity contribution in [2.24, 2.45) is 10.7 Å². The molecule has 1 aliphatic rings. The van der Waals surface area contributed by atoms with Gasteiger partial charge in [0, 0.05) is 4.88 Å². The number of hydrogen-bond donors (Lipinski definition) is 1. The number of rotatable bonds is 3. The van der Waals surface area contributed by atoms with E-state index in [1.807, 2.05) is 6.07 Å². The zero-order chi connectivity index (χ0) is 13.9. The third kappa shape index (κ3) is 2.54. The third-order valence-electron chi connectivity index (χ3n) is 3.50. The molecule has 4 nitrogen and oxygen atoms in total. The van der Waals surface area contributed by atoms with Crippen molar-refractivity contribution in [1.82, 2.24) is 0 Å². The van der Waals surface area contributed by atoms with Crippen LogP contribution in [0.1, 0.15) is 45.8 Å². The fourth-order valence-electron chi connectivity index (χ4n) is 2.56. The molecule has 0 bridgehead atoms. The molecule has 2 N–H and O–H groups in total. The predicted molar refractivity (Wildman–Crippen MR) is 80.1 cm³/mol. The Morgan fingerprint density at radius 2 is 2.20 bits per heavy atom. The summed E-state index contributed by atoms with van der Waals surface area (Å²) >= 11 is 1.59. The standard InChI is InChI=1S/C15H16N2O2S/c16-14(18)13-11-6-2-1-3-7-12(11)20-15(13)17-9-10-5-4-8-19-10/h4-5,8-9H,1-3,6-7H2,(H2,16,18). The maximum absolute atomic E-state index is 11.8. The minimum atomic E-state index is -0.379. The molecule has 104 valence electrons. The average molecular weight is 288 g/mol. The van der Waals surface area contributed by atoms with Crippen molar-refractivity contribution in [3.63, 3.8) is 0 Å². The lowest BCUT2D eigenvalue weighted by atomic mass is 10.1. The zero-order valence-corrected chi connectivity index (χ0v) is 11.9. The number of hydrogen-bond acceptors (Lipinski definition) is 4. The summed E-state index contributed by atoms with van der Waals surface area (Å²) in [6.45, 7) is 0. The monoisotopic (exact) mass is 288 g/mol. The summed E-state index contributed by atoms with van der Waals surface area (Å²) < 4.78 is 5.22. The van der Waals surface area contributed by atoms with Gasteiger partial charge in [-0.05, 0) is 43.4 Å². The lowest BCUT2D eigenvalue weighted by Crippen LogP contribution is -2.12. The van der Waals surface area contributed by atoms with Crippen molar-refractivity contribution >= 4 is 28.5 Å². The van der Waals surface area contributed by atoms with Crippen molar-refractivity contribution in [3.8, 4) is 0 Å². The Hall–Kier alpha value is -1.88. The van der Waals surface area contributed by atoms with Gasteiger partial charge in [-0.15, -0.1) is 11.3 Å². The summed E-state index contributed by atoms with van der Waals surface area (Å²) in [6, 6.07) is 3.63. The number of aryl methyl sites for hydroxylation is 1. The Labute approximate surface area is 121 Å². The van der Waals surface area contributed by atoms with Gasteiger partial charge in [0.25, 0.3) is 5.91 Å². The van der Waals surface area contributed by atoms with Gasteiger partial charge in [0.15, 0.2) is 0 Å². The van der Waals surface area contributed by atoms with Gasteiger partial charge in [0.1, 0.15) is 10.8 Å². The first-order valence-electron chi connectivity index (χ1n) is 6.77. The minimum absolute atomic E-state index is 0.379. The molecule has 5 heteroatoms. The number of primary amides is 1. The van der Waals surface area contributed by atoms with Gasteiger partial charge in [0.05, 0.1) is 18.0 Å². The van der Waals surface area contributed by atoms with Crippen molar-refractivity contribution in [2.45, 2.75) is 32.1 Å². The first-order chi connectivity index (χ1) is 9.75. The van der Waals surface area contributed by atoms with Crippen LogP contribution >= 0.6 is 11.3 Å². The number of carbonyl (C=O) groups excluding carboxylic acids is 1. The molecule has 0 aromatic carbocycles. The molecule has 2 heterocycles. The number of nitrogens with zero attached hydrogens (tertiary/aromatic N) is 1. The summed E-state index contributed by atoms with van der Waals surface area (Å²) in [5.74, 6) is 0.292. The van der Waals surface area contributed by atoms with E-state index < -0.39 is 0 Å². The normalized spacial score (nSPS) is 15.2.